The molecule has 0 atom stereocenters. The Bertz CT molecular complexity index is 687. The Labute approximate surface area is 138 Å². The van der Waals surface area contributed by atoms with E-state index in [9.17, 15) is 18.0 Å². The molecule has 8 heteroatoms. The molecule has 1 aliphatic rings. The average molecular weight is 341 g/mol. The molecular formula is C16H18F3N3O2. The first-order chi connectivity index (χ1) is 11.1. The number of nitrogens with zero attached hydrogens (tertiary/aromatic N) is 3. The number of nitriles is 1. The first-order valence-corrected chi connectivity index (χ1v) is 7.44. The molecule has 0 unspecified atom stereocenters. The molecule has 1 saturated heterocycles. The van der Waals surface area contributed by atoms with Crippen LogP contribution in [0.2, 0.25) is 0 Å². The SMILES string of the molecule is CC(C)(C)OC(=O)N1CCN(c2cc(F)c(F)c(F)c2C#N)CC1. The summed E-state index contributed by atoms with van der Waals surface area (Å²) in [6.45, 7) is 6.29. The Hall–Kier alpha value is -2.43. The van der Waals surface area contributed by atoms with Gasteiger partial charge in [0.25, 0.3) is 0 Å². The summed E-state index contributed by atoms with van der Waals surface area (Å²) in [5.74, 6) is -4.51. The van der Waals surface area contributed by atoms with Gasteiger partial charge in [0.1, 0.15) is 17.2 Å². The number of anilines is 1. The molecule has 1 amide bonds. The highest BCUT2D eigenvalue weighted by Gasteiger charge is 2.28. The molecule has 0 bridgehead atoms. The van der Waals surface area contributed by atoms with Gasteiger partial charge >= 0.3 is 6.09 Å². The minimum absolute atomic E-state index is 0.0160. The van der Waals surface area contributed by atoms with E-state index in [1.54, 1.807) is 31.7 Å². The van der Waals surface area contributed by atoms with Crippen LogP contribution in [0, 0.1) is 28.8 Å². The minimum Gasteiger partial charge on any atom is -0.444 e. The second kappa shape index (κ2) is 6.59. The minimum atomic E-state index is -1.66. The van der Waals surface area contributed by atoms with Crippen molar-refractivity contribution in [3.8, 4) is 6.07 Å². The third kappa shape index (κ3) is 3.72. The third-order valence-corrected chi connectivity index (χ3v) is 3.53. The Kier molecular flexibility index (Phi) is 4.92. The van der Waals surface area contributed by atoms with Crippen LogP contribution in [0.25, 0.3) is 0 Å². The number of ether oxygens (including phenoxy) is 1. The fourth-order valence-electron chi connectivity index (χ4n) is 2.39. The molecule has 0 aliphatic carbocycles. The molecule has 130 valence electrons. The van der Waals surface area contributed by atoms with Gasteiger partial charge < -0.3 is 14.5 Å². The first-order valence-electron chi connectivity index (χ1n) is 7.44. The van der Waals surface area contributed by atoms with Gasteiger partial charge in [-0.15, -0.1) is 0 Å². The van der Waals surface area contributed by atoms with E-state index in [1.165, 1.54) is 4.90 Å². The number of hydrogen-bond acceptors (Lipinski definition) is 4. The largest absolute Gasteiger partial charge is 0.444 e. The van der Waals surface area contributed by atoms with Crippen molar-refractivity contribution in [3.05, 3.63) is 29.1 Å². The Morgan fingerprint density at radius 2 is 1.75 bits per heavy atom. The zero-order valence-electron chi connectivity index (χ0n) is 13.7. The maximum atomic E-state index is 13.7. The maximum Gasteiger partial charge on any atom is 0.410 e. The maximum absolute atomic E-state index is 13.7. The van der Waals surface area contributed by atoms with Crippen LogP contribution in [0.15, 0.2) is 6.07 Å². The van der Waals surface area contributed by atoms with E-state index in [1.807, 2.05) is 0 Å². The predicted molar refractivity (Wildman–Crippen MR) is 81.1 cm³/mol. The number of hydrogen-bond donors (Lipinski definition) is 0. The van der Waals surface area contributed by atoms with Crippen molar-refractivity contribution in [2.75, 3.05) is 31.1 Å². The van der Waals surface area contributed by atoms with Crippen LogP contribution in [-0.4, -0.2) is 42.8 Å². The fraction of sp³-hybridized carbons (Fsp3) is 0.500. The van der Waals surface area contributed by atoms with Gasteiger partial charge in [0.15, 0.2) is 17.5 Å². The summed E-state index contributed by atoms with van der Waals surface area (Å²) in [5, 5.41) is 9.02. The van der Waals surface area contributed by atoms with Crippen LogP contribution in [0.4, 0.5) is 23.7 Å². The standard InChI is InChI=1S/C16H18F3N3O2/c1-16(2,3)24-15(23)22-6-4-21(5-7-22)12-8-11(17)14(19)13(18)10(12)9-20/h8H,4-7H2,1-3H3. The number of halogens is 3. The van der Waals surface area contributed by atoms with Crippen LogP contribution < -0.4 is 4.90 Å². The van der Waals surface area contributed by atoms with Crippen LogP contribution in [0.5, 0.6) is 0 Å². The predicted octanol–water partition coefficient (Wildman–Crippen LogP) is 3.03. The van der Waals surface area contributed by atoms with E-state index < -0.39 is 34.7 Å². The molecule has 1 heterocycles. The van der Waals surface area contributed by atoms with Crippen molar-refractivity contribution in [2.45, 2.75) is 26.4 Å². The normalized spacial score (nSPS) is 15.2. The molecule has 24 heavy (non-hydrogen) atoms. The van der Waals surface area contributed by atoms with Crippen molar-refractivity contribution >= 4 is 11.8 Å². The van der Waals surface area contributed by atoms with Gasteiger partial charge in [0.2, 0.25) is 0 Å². The molecule has 1 aliphatic heterocycles. The van der Waals surface area contributed by atoms with Crippen molar-refractivity contribution in [3.63, 3.8) is 0 Å². The van der Waals surface area contributed by atoms with Crippen LogP contribution in [-0.2, 0) is 4.74 Å². The van der Waals surface area contributed by atoms with E-state index in [4.69, 9.17) is 10.00 Å². The lowest BCUT2D eigenvalue weighted by Gasteiger charge is -2.37. The summed E-state index contributed by atoms with van der Waals surface area (Å²) in [5.41, 5.74) is -1.18. The van der Waals surface area contributed by atoms with Gasteiger partial charge in [-0.05, 0) is 20.8 Å². The molecule has 0 aromatic heterocycles. The Balaban J connectivity index is 2.14. The Morgan fingerprint density at radius 3 is 2.25 bits per heavy atom. The van der Waals surface area contributed by atoms with E-state index >= 15 is 0 Å². The molecule has 0 N–H and O–H groups in total. The smallest absolute Gasteiger partial charge is 0.410 e. The van der Waals surface area contributed by atoms with Crippen LogP contribution >= 0.6 is 0 Å². The van der Waals surface area contributed by atoms with E-state index in [2.05, 4.69) is 0 Å². The lowest BCUT2D eigenvalue weighted by Crippen LogP contribution is -2.50. The van der Waals surface area contributed by atoms with Gasteiger partial charge in [0, 0.05) is 32.2 Å². The number of carbonyl (C=O) groups excluding carboxylic acids is 1. The zero-order chi connectivity index (χ0) is 18.1. The van der Waals surface area contributed by atoms with E-state index in [0.717, 1.165) is 6.07 Å². The molecule has 1 aromatic rings. The van der Waals surface area contributed by atoms with Gasteiger partial charge in [-0.3, -0.25) is 0 Å². The average Bonchev–Trinajstić information content (AvgIpc) is 2.51. The summed E-state index contributed by atoms with van der Waals surface area (Å²) in [6.07, 6.45) is -0.473. The summed E-state index contributed by atoms with van der Waals surface area (Å²) < 4.78 is 45.7. The number of rotatable bonds is 1. The van der Waals surface area contributed by atoms with Crippen molar-refractivity contribution in [2.24, 2.45) is 0 Å². The number of benzene rings is 1. The second-order valence-corrected chi connectivity index (χ2v) is 6.45. The molecule has 2 rings (SSSR count). The molecule has 5 nitrogen and oxygen atoms in total. The summed E-state index contributed by atoms with van der Waals surface area (Å²) in [7, 11) is 0. The van der Waals surface area contributed by atoms with Gasteiger partial charge in [-0.2, -0.15) is 5.26 Å². The van der Waals surface area contributed by atoms with Crippen LogP contribution in [0.1, 0.15) is 26.3 Å². The van der Waals surface area contributed by atoms with Crippen molar-refractivity contribution in [1.29, 1.82) is 5.26 Å². The molecule has 1 aromatic carbocycles. The van der Waals surface area contributed by atoms with E-state index in [-0.39, 0.29) is 31.9 Å². The lowest BCUT2D eigenvalue weighted by atomic mass is 10.1. The molecule has 0 spiro atoms. The lowest BCUT2D eigenvalue weighted by molar-refractivity contribution is 0.0240. The summed E-state index contributed by atoms with van der Waals surface area (Å²) in [4.78, 5) is 15.0. The van der Waals surface area contributed by atoms with Crippen LogP contribution in [0.3, 0.4) is 0 Å². The number of piperazine rings is 1. The number of carbonyl (C=O) groups is 1. The summed E-state index contributed by atoms with van der Waals surface area (Å²) >= 11 is 0. The monoisotopic (exact) mass is 341 g/mol. The third-order valence-electron chi connectivity index (χ3n) is 3.53. The van der Waals surface area contributed by atoms with Gasteiger partial charge in [-0.25, -0.2) is 18.0 Å². The van der Waals surface area contributed by atoms with Crippen molar-refractivity contribution in [1.82, 2.24) is 4.90 Å². The fourth-order valence-corrected chi connectivity index (χ4v) is 2.39. The second-order valence-electron chi connectivity index (χ2n) is 6.45. The zero-order valence-corrected chi connectivity index (χ0v) is 13.7. The quantitative estimate of drug-likeness (QED) is 0.737. The van der Waals surface area contributed by atoms with Crippen molar-refractivity contribution < 1.29 is 22.7 Å². The van der Waals surface area contributed by atoms with Gasteiger partial charge in [-0.1, -0.05) is 0 Å². The Morgan fingerprint density at radius 1 is 1.17 bits per heavy atom. The molecule has 1 fully saturated rings. The highest BCUT2D eigenvalue weighted by Crippen LogP contribution is 2.28. The van der Waals surface area contributed by atoms with Gasteiger partial charge in [0.05, 0.1) is 5.69 Å². The molecule has 0 radical (unpaired) electrons. The van der Waals surface area contributed by atoms with E-state index in [0.29, 0.717) is 0 Å². The molecule has 0 saturated carbocycles. The highest BCUT2D eigenvalue weighted by molar-refractivity contribution is 5.69. The summed E-state index contributed by atoms with van der Waals surface area (Å²) in [6, 6.07) is 2.37. The topological polar surface area (TPSA) is 56.6 Å². The number of amides is 1. The highest BCUT2D eigenvalue weighted by atomic mass is 19.2. The molecular weight excluding hydrogens is 323 g/mol. The first kappa shape index (κ1) is 17.9.